The number of hydrogen-bond acceptors (Lipinski definition) is 7. The first kappa shape index (κ1) is 16.0. The molecule has 0 atom stereocenters. The Bertz CT molecular complexity index is 1010. The second-order valence-corrected chi connectivity index (χ2v) is 5.79. The molecular weight excluding hydrogens is 332 g/mol. The number of nitrogens with zero attached hydrogens (tertiary/aromatic N) is 4. The van der Waals surface area contributed by atoms with E-state index in [1.807, 2.05) is 43.3 Å². The molecule has 3 heterocycles. The van der Waals surface area contributed by atoms with Crippen LogP contribution in [0.1, 0.15) is 11.4 Å². The van der Waals surface area contributed by atoms with Crippen molar-refractivity contribution in [3.05, 3.63) is 47.8 Å². The van der Waals surface area contributed by atoms with Gasteiger partial charge in [-0.05, 0) is 19.1 Å². The molecule has 4 rings (SSSR count). The summed E-state index contributed by atoms with van der Waals surface area (Å²) in [4.78, 5) is 16.6. The van der Waals surface area contributed by atoms with E-state index in [9.17, 15) is 0 Å². The highest BCUT2D eigenvalue weighted by Gasteiger charge is 2.09. The minimum Gasteiger partial charge on any atom is -0.378 e. The van der Waals surface area contributed by atoms with E-state index >= 15 is 0 Å². The van der Waals surface area contributed by atoms with Crippen molar-refractivity contribution in [2.45, 2.75) is 13.5 Å². The lowest BCUT2D eigenvalue weighted by molar-refractivity contribution is 0.181. The van der Waals surface area contributed by atoms with Gasteiger partial charge < -0.3 is 15.0 Å². The molecule has 26 heavy (non-hydrogen) atoms. The van der Waals surface area contributed by atoms with Crippen molar-refractivity contribution in [3.8, 4) is 0 Å². The van der Waals surface area contributed by atoms with E-state index in [0.717, 1.165) is 22.4 Å². The Hall–Kier alpha value is -3.46. The van der Waals surface area contributed by atoms with Crippen LogP contribution < -0.4 is 10.6 Å². The van der Waals surface area contributed by atoms with E-state index in [1.165, 1.54) is 0 Å². The third kappa shape index (κ3) is 3.47. The Labute approximate surface area is 149 Å². The molecular formula is C17H18N8O. The van der Waals surface area contributed by atoms with Gasteiger partial charge in [0.05, 0.1) is 23.3 Å². The van der Waals surface area contributed by atoms with Gasteiger partial charge in [-0.1, -0.05) is 12.1 Å². The average Bonchev–Trinajstić information content (AvgIpc) is 3.20. The van der Waals surface area contributed by atoms with Gasteiger partial charge in [0, 0.05) is 24.9 Å². The lowest BCUT2D eigenvalue weighted by atomic mass is 10.3. The molecule has 0 aliphatic rings. The number of imidazole rings is 1. The monoisotopic (exact) mass is 350 g/mol. The first-order valence-corrected chi connectivity index (χ1v) is 8.07. The zero-order chi connectivity index (χ0) is 17.9. The van der Waals surface area contributed by atoms with Crippen LogP contribution in [0.3, 0.4) is 0 Å². The van der Waals surface area contributed by atoms with Gasteiger partial charge in [0.1, 0.15) is 5.82 Å². The van der Waals surface area contributed by atoms with Crippen LogP contribution in [0.25, 0.3) is 11.0 Å². The van der Waals surface area contributed by atoms with Gasteiger partial charge in [-0.15, -0.1) is 0 Å². The van der Waals surface area contributed by atoms with E-state index in [0.29, 0.717) is 30.1 Å². The van der Waals surface area contributed by atoms with Gasteiger partial charge in [0.25, 0.3) is 0 Å². The lowest BCUT2D eigenvalue weighted by Gasteiger charge is -2.08. The maximum Gasteiger partial charge on any atom is 0.231 e. The molecule has 0 saturated heterocycles. The molecule has 9 heteroatoms. The molecule has 0 fully saturated rings. The fraction of sp³-hybridized carbons (Fsp3) is 0.176. The fourth-order valence-electron chi connectivity index (χ4n) is 2.57. The third-order valence-electron chi connectivity index (χ3n) is 3.65. The molecule has 132 valence electrons. The molecule has 3 aromatic heterocycles. The summed E-state index contributed by atoms with van der Waals surface area (Å²) in [6, 6.07) is 11.5. The second-order valence-electron chi connectivity index (χ2n) is 5.79. The Morgan fingerprint density at radius 3 is 2.69 bits per heavy atom. The van der Waals surface area contributed by atoms with Crippen LogP contribution >= 0.6 is 0 Å². The summed E-state index contributed by atoms with van der Waals surface area (Å²) in [5, 5.41) is 13.3. The van der Waals surface area contributed by atoms with E-state index in [-0.39, 0.29) is 0 Å². The van der Waals surface area contributed by atoms with E-state index in [4.69, 9.17) is 4.74 Å². The molecule has 1 aromatic carbocycles. The third-order valence-corrected chi connectivity index (χ3v) is 3.65. The number of aromatic amines is 2. The number of rotatable bonds is 6. The Kier molecular flexibility index (Phi) is 4.20. The minimum atomic E-state index is 0.367. The summed E-state index contributed by atoms with van der Waals surface area (Å²) in [5.74, 6) is 2.27. The maximum absolute atomic E-state index is 5.20. The average molecular weight is 350 g/mol. The standard InChI is InChI=1S/C17H18N8O/c1-10-7-15(25-24-10)21-14-8-11(9-26-2)18-16(22-14)23-17-19-12-5-3-4-6-13(12)20-17/h3-8H,9H2,1-2H3,(H4,18,19,20,21,22,23,24,25). The lowest BCUT2D eigenvalue weighted by Crippen LogP contribution is -2.05. The van der Waals surface area contributed by atoms with Crippen molar-refractivity contribution in [1.82, 2.24) is 30.1 Å². The highest BCUT2D eigenvalue weighted by molar-refractivity contribution is 5.77. The van der Waals surface area contributed by atoms with Crippen molar-refractivity contribution in [1.29, 1.82) is 0 Å². The summed E-state index contributed by atoms with van der Waals surface area (Å²) in [6.07, 6.45) is 0. The SMILES string of the molecule is COCc1cc(Nc2cc(C)[nH]n2)nc(Nc2nc3ccccc3[nH]2)n1. The number of benzene rings is 1. The van der Waals surface area contributed by atoms with Gasteiger partial charge in [0.15, 0.2) is 5.82 Å². The molecule has 0 unspecified atom stereocenters. The highest BCUT2D eigenvalue weighted by Crippen LogP contribution is 2.20. The Morgan fingerprint density at radius 2 is 1.92 bits per heavy atom. The summed E-state index contributed by atoms with van der Waals surface area (Å²) < 4.78 is 5.20. The molecule has 4 N–H and O–H groups in total. The number of hydrogen-bond donors (Lipinski definition) is 4. The van der Waals surface area contributed by atoms with Crippen LogP contribution in [0.4, 0.5) is 23.5 Å². The quantitative estimate of drug-likeness (QED) is 0.422. The Morgan fingerprint density at radius 1 is 1.04 bits per heavy atom. The smallest absolute Gasteiger partial charge is 0.231 e. The van der Waals surface area contributed by atoms with Crippen molar-refractivity contribution < 1.29 is 4.74 Å². The predicted octanol–water partition coefficient (Wildman–Crippen LogP) is 3.02. The molecule has 0 spiro atoms. The van der Waals surface area contributed by atoms with Crippen LogP contribution in [-0.2, 0) is 11.3 Å². The summed E-state index contributed by atoms with van der Waals surface area (Å²) in [6.45, 7) is 2.30. The van der Waals surface area contributed by atoms with E-state index in [1.54, 1.807) is 7.11 Å². The summed E-state index contributed by atoms with van der Waals surface area (Å²) in [5.41, 5.74) is 3.50. The number of para-hydroxylation sites is 2. The van der Waals surface area contributed by atoms with E-state index < -0.39 is 0 Å². The number of anilines is 4. The van der Waals surface area contributed by atoms with Crippen LogP contribution in [0.5, 0.6) is 0 Å². The van der Waals surface area contributed by atoms with Gasteiger partial charge in [-0.3, -0.25) is 10.4 Å². The van der Waals surface area contributed by atoms with Gasteiger partial charge >= 0.3 is 0 Å². The number of fused-ring (bicyclic) bond motifs is 1. The second kappa shape index (κ2) is 6.81. The zero-order valence-corrected chi connectivity index (χ0v) is 14.4. The topological polar surface area (TPSA) is 116 Å². The van der Waals surface area contributed by atoms with Crippen molar-refractivity contribution in [2.24, 2.45) is 0 Å². The van der Waals surface area contributed by atoms with Gasteiger partial charge in [0.2, 0.25) is 11.9 Å². The normalized spacial score (nSPS) is 11.0. The first-order valence-electron chi connectivity index (χ1n) is 8.07. The molecule has 0 aliphatic heterocycles. The number of H-pyrrole nitrogens is 2. The zero-order valence-electron chi connectivity index (χ0n) is 14.4. The van der Waals surface area contributed by atoms with Crippen LogP contribution in [0.15, 0.2) is 36.4 Å². The molecule has 0 bridgehead atoms. The van der Waals surface area contributed by atoms with Crippen molar-refractivity contribution >= 4 is 34.6 Å². The van der Waals surface area contributed by atoms with Gasteiger partial charge in [-0.2, -0.15) is 10.1 Å². The fourth-order valence-corrected chi connectivity index (χ4v) is 2.57. The number of aryl methyl sites for hydroxylation is 1. The first-order chi connectivity index (χ1) is 12.7. The van der Waals surface area contributed by atoms with Crippen LogP contribution in [0, 0.1) is 6.92 Å². The maximum atomic E-state index is 5.20. The molecule has 0 radical (unpaired) electrons. The number of nitrogens with one attached hydrogen (secondary N) is 4. The van der Waals surface area contributed by atoms with Crippen molar-refractivity contribution in [3.63, 3.8) is 0 Å². The van der Waals surface area contributed by atoms with E-state index in [2.05, 4.69) is 40.8 Å². The summed E-state index contributed by atoms with van der Waals surface area (Å²) >= 11 is 0. The van der Waals surface area contributed by atoms with Crippen LogP contribution in [-0.4, -0.2) is 37.2 Å². The molecule has 0 aliphatic carbocycles. The molecule has 0 saturated carbocycles. The molecule has 4 aromatic rings. The highest BCUT2D eigenvalue weighted by atomic mass is 16.5. The molecule has 0 amide bonds. The van der Waals surface area contributed by atoms with Gasteiger partial charge in [-0.25, -0.2) is 9.97 Å². The summed E-state index contributed by atoms with van der Waals surface area (Å²) in [7, 11) is 1.62. The Balaban J connectivity index is 1.63. The van der Waals surface area contributed by atoms with Crippen molar-refractivity contribution in [2.75, 3.05) is 17.7 Å². The predicted molar refractivity (Wildman–Crippen MR) is 98.7 cm³/mol. The number of methoxy groups -OCH3 is 1. The largest absolute Gasteiger partial charge is 0.378 e. The minimum absolute atomic E-state index is 0.367. The number of aromatic nitrogens is 6. The number of ether oxygens (including phenoxy) is 1. The molecule has 9 nitrogen and oxygen atoms in total. The van der Waals surface area contributed by atoms with Crippen LogP contribution in [0.2, 0.25) is 0 Å².